The van der Waals surface area contributed by atoms with Crippen LogP contribution in [0.2, 0.25) is 0 Å². The number of rotatable bonds is 10. The van der Waals surface area contributed by atoms with Crippen molar-refractivity contribution in [2.24, 2.45) is 34.7 Å². The van der Waals surface area contributed by atoms with E-state index in [0.717, 1.165) is 43.9 Å². The van der Waals surface area contributed by atoms with Crippen molar-refractivity contribution in [3.63, 3.8) is 0 Å². The molecular weight excluding hydrogens is 1120 g/mol. The van der Waals surface area contributed by atoms with Gasteiger partial charge in [-0.2, -0.15) is 5.10 Å². The molecule has 1 amide bonds. The number of anilines is 2. The Balaban J connectivity index is 0.932. The number of methoxy groups -OCH3 is 1. The van der Waals surface area contributed by atoms with Crippen molar-refractivity contribution in [2.45, 2.75) is 155 Å². The fraction of sp³-hybridized carbons (Fsp3) is 0.538. The number of amides is 1. The average molecular weight is 1210 g/mol. The Morgan fingerprint density at radius 3 is 2.22 bits per heavy atom. The number of ether oxygens (including phenoxy) is 4. The number of aliphatic hydroxyl groups is 2. The third-order valence-electron chi connectivity index (χ3n) is 19.8. The zero-order chi connectivity index (χ0) is 63.0. The monoisotopic (exact) mass is 1200 g/mol. The van der Waals surface area contributed by atoms with Crippen molar-refractivity contribution >= 4 is 57.5 Å². The lowest BCUT2D eigenvalue weighted by molar-refractivity contribution is -0.160. The van der Waals surface area contributed by atoms with E-state index in [4.69, 9.17) is 24.0 Å². The van der Waals surface area contributed by atoms with Crippen LogP contribution in [0.4, 0.5) is 15.8 Å². The summed E-state index contributed by atoms with van der Waals surface area (Å²) in [5, 5.41) is 78.5. The van der Waals surface area contributed by atoms with Crippen LogP contribution in [0.5, 0.6) is 23.0 Å². The molecule has 5 aliphatic heterocycles. The highest BCUT2D eigenvalue weighted by atomic mass is 19.1. The number of phenols is 3. The lowest BCUT2D eigenvalue weighted by Crippen LogP contribution is -2.50. The zero-order valence-corrected chi connectivity index (χ0v) is 51.2. The minimum atomic E-state index is -2.11. The van der Waals surface area contributed by atoms with Crippen LogP contribution < -0.4 is 20.5 Å². The second-order valence-electron chi connectivity index (χ2n) is 25.3. The number of halogens is 1. The molecule has 87 heavy (non-hydrogen) atoms. The minimum absolute atomic E-state index is 0.0215. The first kappa shape index (κ1) is 62.5. The Labute approximate surface area is 504 Å². The van der Waals surface area contributed by atoms with Crippen molar-refractivity contribution in [2.75, 3.05) is 50.6 Å². The highest BCUT2D eigenvalue weighted by Gasteiger charge is 2.56. The smallest absolute Gasteiger partial charge is 0.341 e. The third kappa shape index (κ3) is 11.2. The van der Waals surface area contributed by atoms with Crippen molar-refractivity contribution in [3.05, 3.63) is 98.0 Å². The number of Topliss-reactive ketones (excluding diaryl/α,β-unsaturated/α-hetero) is 1. The van der Waals surface area contributed by atoms with Gasteiger partial charge in [-0.15, -0.1) is 0 Å². The number of aromatic carboxylic acids is 1. The number of esters is 1. The fourth-order valence-electron chi connectivity index (χ4n) is 14.2. The van der Waals surface area contributed by atoms with Crippen molar-refractivity contribution < 1.29 is 73.2 Å². The number of piperidine rings is 1. The van der Waals surface area contributed by atoms with Gasteiger partial charge in [0.1, 0.15) is 28.9 Å². The molecule has 2 aliphatic carbocycles. The number of carbonyl (C=O) groups is 4. The van der Waals surface area contributed by atoms with E-state index in [2.05, 4.69) is 22.2 Å². The minimum Gasteiger partial charge on any atom is -0.507 e. The lowest BCUT2D eigenvalue weighted by Gasteiger charge is -2.42. The quantitative estimate of drug-likeness (QED) is 0.0341. The molecule has 7 N–H and O–H groups in total. The summed E-state index contributed by atoms with van der Waals surface area (Å²) in [6, 6.07) is 1.62. The number of pyridine rings is 2. The second kappa shape index (κ2) is 23.9. The van der Waals surface area contributed by atoms with Crippen molar-refractivity contribution in [3.8, 4) is 23.0 Å². The maximum absolute atomic E-state index is 16.3. The van der Waals surface area contributed by atoms with E-state index in [-0.39, 0.29) is 73.5 Å². The molecule has 0 spiro atoms. The standard InChI is InChI=1S/C65H81FN6O15/c1-31-13-12-14-32(2)61(80)68-50-44(56(77)47-48(57(50)78)55(76)37(7)59-49(47)60(79)64(9,87-59)85-26-20-46(84-11)33(3)58(86-38(8)73)36(6)54(75)35(5)53(31)74)28-67-71-24-18-41(19-25-71)69(10)65(21-22-65)40-17-23-70(29-40)52-34(4)51-42(39-15-16-39)27-43(63(82)83)62(81)72(51)30-45(52)66/h12-14,20,26-28,30-31,33,35-36,39-41,46,53-54,58,74-78H,15-19,21-25,29H2,1-11H3,(H,68,80)(H,82,83)/t31-,33+,35+,36+,40+,46-,53-,54+,58+,64-/m0/s1. The molecule has 0 unspecified atom stereocenters. The van der Waals surface area contributed by atoms with E-state index < -0.39 is 106 Å². The SMILES string of the molecule is CO[C@H]1C=CO[C@@]2(C)Oc3c(C)c(O)c4c(O)c(c(C=NN5CCC(N(C)C6([C@@H]7CCN(c8c(F)cn9c(=O)c(C(=O)O)cc(C%10CC%10)c9c8C)C7)CC6)CC5)c(O)c4c3C2=O)NC(=O)C(C)=CC=C[C@H](C)[C@H](O)[C@@H](C)[C@@H](O)[C@@H](C)[C@H](OC(C)=O)[C@@H]1C. The molecule has 21 nitrogen and oxygen atoms in total. The zero-order valence-electron chi connectivity index (χ0n) is 51.2. The van der Waals surface area contributed by atoms with Crippen LogP contribution in [0.15, 0.2) is 58.3 Å². The fourth-order valence-corrected chi connectivity index (χ4v) is 14.2. The van der Waals surface area contributed by atoms with Gasteiger partial charge in [0.15, 0.2) is 11.6 Å². The Hall–Kier alpha value is -7.53. The summed E-state index contributed by atoms with van der Waals surface area (Å²) in [7, 11) is 3.58. The van der Waals surface area contributed by atoms with Gasteiger partial charge in [-0.1, -0.05) is 45.9 Å². The molecule has 10 atom stereocenters. The number of aliphatic hydroxyl groups excluding tert-OH is 2. The number of aryl methyl sites for hydroxylation is 1. The summed E-state index contributed by atoms with van der Waals surface area (Å²) < 4.78 is 41.4. The molecule has 0 radical (unpaired) electrons. The predicted octanol–water partition coefficient (Wildman–Crippen LogP) is 8.18. The number of benzene rings is 2. The summed E-state index contributed by atoms with van der Waals surface area (Å²) in [6.45, 7) is 16.5. The van der Waals surface area contributed by atoms with Crippen LogP contribution in [0.3, 0.4) is 0 Å². The molecule has 468 valence electrons. The molecular formula is C65H81FN6O15. The van der Waals surface area contributed by atoms with Gasteiger partial charge in [0, 0.05) is 98.9 Å². The summed E-state index contributed by atoms with van der Waals surface area (Å²) in [4.78, 5) is 71.4. The Morgan fingerprint density at radius 2 is 1.59 bits per heavy atom. The summed E-state index contributed by atoms with van der Waals surface area (Å²) >= 11 is 0. The Bertz CT molecular complexity index is 3640. The molecule has 4 fully saturated rings. The maximum atomic E-state index is 16.3. The number of ketones is 1. The number of phenolic OH excluding ortho intramolecular Hbond substituents is 3. The number of nitrogens with zero attached hydrogens (tertiary/aromatic N) is 5. The number of hydrazone groups is 1. The molecule has 2 aromatic carbocycles. The normalized spacial score (nSPS) is 28.2. The molecule has 7 aliphatic rings. The number of aromatic hydroxyl groups is 3. The molecule has 22 heteroatoms. The van der Waals surface area contributed by atoms with Gasteiger partial charge in [-0.3, -0.25) is 33.5 Å². The van der Waals surface area contributed by atoms with E-state index in [0.29, 0.717) is 55.8 Å². The van der Waals surface area contributed by atoms with Gasteiger partial charge in [0.2, 0.25) is 0 Å². The molecule has 5 bridgehead atoms. The van der Waals surface area contributed by atoms with Gasteiger partial charge in [0.25, 0.3) is 17.2 Å². The number of allylic oxidation sites excluding steroid dienone is 2. The van der Waals surface area contributed by atoms with Crippen molar-refractivity contribution in [1.29, 1.82) is 0 Å². The van der Waals surface area contributed by atoms with Crippen LogP contribution in [0.1, 0.15) is 142 Å². The third-order valence-corrected chi connectivity index (χ3v) is 19.8. The summed E-state index contributed by atoms with van der Waals surface area (Å²) in [6.07, 6.45) is 11.7. The first-order valence-electron chi connectivity index (χ1n) is 30.1. The van der Waals surface area contributed by atoms with Gasteiger partial charge in [-0.05, 0) is 108 Å². The molecule has 2 saturated heterocycles. The van der Waals surface area contributed by atoms with E-state index in [1.165, 1.54) is 69.9 Å². The van der Waals surface area contributed by atoms with Gasteiger partial charge < -0.3 is 59.8 Å². The lowest BCUT2D eigenvalue weighted by atomic mass is 9.78. The van der Waals surface area contributed by atoms with Crippen LogP contribution >= 0.6 is 0 Å². The van der Waals surface area contributed by atoms with Crippen LogP contribution in [0.25, 0.3) is 16.3 Å². The number of carbonyl (C=O) groups excluding carboxylic acids is 3. The van der Waals surface area contributed by atoms with E-state index >= 15 is 4.39 Å². The number of carboxylic acids is 1. The number of fused-ring (bicyclic) bond motifs is 15. The Morgan fingerprint density at radius 1 is 0.897 bits per heavy atom. The van der Waals surface area contributed by atoms with E-state index in [9.17, 15) is 54.6 Å². The van der Waals surface area contributed by atoms with Crippen LogP contribution in [0, 0.1) is 49.3 Å². The molecule has 2 aromatic heterocycles. The molecule has 11 rings (SSSR count). The molecule has 4 aromatic rings. The number of nitrogens with one attached hydrogen (secondary N) is 1. The van der Waals surface area contributed by atoms with E-state index in [1.807, 2.05) is 11.9 Å². The van der Waals surface area contributed by atoms with Gasteiger partial charge in [-0.25, -0.2) is 9.18 Å². The summed E-state index contributed by atoms with van der Waals surface area (Å²) in [5.74, 6) is -10.4. The Kier molecular flexibility index (Phi) is 17.2. The first-order chi connectivity index (χ1) is 41.2. The van der Waals surface area contributed by atoms with Crippen LogP contribution in [-0.2, 0) is 23.8 Å². The molecule has 7 heterocycles. The molecule has 2 saturated carbocycles. The predicted molar refractivity (Wildman–Crippen MR) is 323 cm³/mol. The van der Waals surface area contributed by atoms with Gasteiger partial charge >= 0.3 is 17.7 Å². The largest absolute Gasteiger partial charge is 0.507 e. The number of carboxylic acid groups (broad SMARTS) is 1. The highest BCUT2D eigenvalue weighted by molar-refractivity contribution is 6.24. The number of hydrogen-bond acceptors (Lipinski definition) is 18. The second-order valence-corrected chi connectivity index (χ2v) is 25.3. The highest BCUT2D eigenvalue weighted by Crippen LogP contribution is 2.56. The van der Waals surface area contributed by atoms with E-state index in [1.54, 1.807) is 39.8 Å². The number of aromatic nitrogens is 1. The van der Waals surface area contributed by atoms with Crippen molar-refractivity contribution in [1.82, 2.24) is 14.3 Å². The topological polar surface area (TPSA) is 282 Å². The first-order valence-corrected chi connectivity index (χ1v) is 30.1. The average Bonchev–Trinajstić information content (AvgIpc) is 1.69. The maximum Gasteiger partial charge on any atom is 0.341 e. The van der Waals surface area contributed by atoms with Gasteiger partial charge in [0.05, 0.1) is 70.4 Å². The van der Waals surface area contributed by atoms with Crippen LogP contribution in [-0.4, -0.2) is 157 Å². The number of hydrogen-bond donors (Lipinski definition) is 7. The summed E-state index contributed by atoms with van der Waals surface area (Å²) in [5.41, 5.74) is 0.593.